The monoisotopic (exact) mass is 364 g/mol. The summed E-state index contributed by atoms with van der Waals surface area (Å²) in [5, 5.41) is 0. The lowest BCUT2D eigenvalue weighted by molar-refractivity contribution is 0.556. The van der Waals surface area contributed by atoms with Gasteiger partial charge in [0, 0.05) is 11.8 Å². The smallest absolute Gasteiger partial charge is 0.0278 e. The molecule has 3 aliphatic rings. The minimum Gasteiger partial charge on any atom is -0.0807 e. The summed E-state index contributed by atoms with van der Waals surface area (Å²) in [5.74, 6) is 1.59. The Balaban J connectivity index is 1.37. The molecule has 0 heteroatoms. The average Bonchev–Trinajstić information content (AvgIpc) is 3.41. The summed E-state index contributed by atoms with van der Waals surface area (Å²) in [6, 6.07) is 17.8. The Labute approximate surface area is 169 Å². The van der Waals surface area contributed by atoms with Gasteiger partial charge in [-0.3, -0.25) is 0 Å². The fourth-order valence-electron chi connectivity index (χ4n) is 5.13. The van der Waals surface area contributed by atoms with E-state index in [4.69, 9.17) is 0 Å². The zero-order chi connectivity index (χ0) is 18.9. The molecule has 0 saturated carbocycles. The summed E-state index contributed by atoms with van der Waals surface area (Å²) in [7, 11) is 0. The van der Waals surface area contributed by atoms with Crippen molar-refractivity contribution in [1.82, 2.24) is 0 Å². The first-order valence-corrected chi connectivity index (χ1v) is 10.8. The van der Waals surface area contributed by atoms with E-state index in [1.807, 2.05) is 0 Å². The van der Waals surface area contributed by atoms with Crippen molar-refractivity contribution in [3.63, 3.8) is 0 Å². The predicted octanol–water partition coefficient (Wildman–Crippen LogP) is 7.56. The lowest BCUT2D eigenvalue weighted by Gasteiger charge is -2.26. The summed E-state index contributed by atoms with van der Waals surface area (Å²) in [6.07, 6.45) is 19.3. The summed E-state index contributed by atoms with van der Waals surface area (Å²) >= 11 is 0. The van der Waals surface area contributed by atoms with Crippen molar-refractivity contribution < 1.29 is 0 Å². The van der Waals surface area contributed by atoms with E-state index in [1.165, 1.54) is 47.9 Å². The standard InChI is InChI=1S/C28H28/c1-2-20-11-12-24(19-20)21-13-15-23(16-14-21)25-9-6-10-27-26(17-18-28(25)27)22-7-4-3-5-8-22/h3-13,15,17-18,21,23,26H,2,14,16,19H2,1H3. The lowest BCUT2D eigenvalue weighted by atomic mass is 9.78. The maximum Gasteiger partial charge on any atom is 0.0278 e. The SMILES string of the molecule is CCC1=CC=C(C2C=CC(c3cccc4c3C=CC4c3ccccc3)CC2)C1. The third kappa shape index (κ3) is 3.11. The molecule has 0 spiro atoms. The summed E-state index contributed by atoms with van der Waals surface area (Å²) in [4.78, 5) is 0. The maximum absolute atomic E-state index is 2.49. The molecule has 5 rings (SSSR count). The predicted molar refractivity (Wildman–Crippen MR) is 119 cm³/mol. The molecule has 0 bridgehead atoms. The number of benzene rings is 2. The van der Waals surface area contributed by atoms with Crippen LogP contribution in [-0.4, -0.2) is 0 Å². The van der Waals surface area contributed by atoms with Crippen LogP contribution in [0.2, 0.25) is 0 Å². The van der Waals surface area contributed by atoms with Gasteiger partial charge in [-0.05, 0) is 53.9 Å². The van der Waals surface area contributed by atoms with Gasteiger partial charge < -0.3 is 0 Å². The van der Waals surface area contributed by atoms with Gasteiger partial charge in [0.25, 0.3) is 0 Å². The summed E-state index contributed by atoms with van der Waals surface area (Å²) in [6.45, 7) is 2.27. The van der Waals surface area contributed by atoms with E-state index in [9.17, 15) is 0 Å². The Kier molecular flexibility index (Phi) is 4.64. The van der Waals surface area contributed by atoms with Crippen LogP contribution in [0.3, 0.4) is 0 Å². The van der Waals surface area contributed by atoms with Crippen LogP contribution in [0.15, 0.2) is 90.1 Å². The minimum absolute atomic E-state index is 0.402. The van der Waals surface area contributed by atoms with Crippen molar-refractivity contribution in [2.24, 2.45) is 5.92 Å². The Bertz CT molecular complexity index is 984. The molecule has 0 heterocycles. The van der Waals surface area contributed by atoms with Crippen molar-refractivity contribution in [3.8, 4) is 0 Å². The van der Waals surface area contributed by atoms with Crippen molar-refractivity contribution in [2.75, 3.05) is 0 Å². The Hall–Kier alpha value is -2.60. The summed E-state index contributed by atoms with van der Waals surface area (Å²) < 4.78 is 0. The van der Waals surface area contributed by atoms with E-state index in [0.717, 1.165) is 0 Å². The largest absolute Gasteiger partial charge is 0.0807 e. The molecule has 0 N–H and O–H groups in total. The molecule has 0 aromatic heterocycles. The molecule has 28 heavy (non-hydrogen) atoms. The number of rotatable bonds is 4. The normalized spacial score (nSPS) is 25.5. The van der Waals surface area contributed by atoms with Gasteiger partial charge in [0.2, 0.25) is 0 Å². The van der Waals surface area contributed by atoms with E-state index >= 15 is 0 Å². The van der Waals surface area contributed by atoms with Crippen molar-refractivity contribution in [1.29, 1.82) is 0 Å². The second-order valence-electron chi connectivity index (χ2n) is 8.37. The van der Waals surface area contributed by atoms with Gasteiger partial charge in [0.05, 0.1) is 0 Å². The molecule has 0 fully saturated rings. The van der Waals surface area contributed by atoms with Gasteiger partial charge in [0.15, 0.2) is 0 Å². The van der Waals surface area contributed by atoms with Crippen molar-refractivity contribution in [2.45, 2.75) is 44.4 Å². The Morgan fingerprint density at radius 2 is 1.57 bits per heavy atom. The van der Waals surface area contributed by atoms with Crippen LogP contribution in [0.1, 0.15) is 66.7 Å². The number of allylic oxidation sites excluding steroid dienone is 7. The van der Waals surface area contributed by atoms with Gasteiger partial charge in [-0.1, -0.05) is 103 Å². The molecule has 3 aliphatic carbocycles. The molecule has 3 unspecified atom stereocenters. The molecule has 0 nitrogen and oxygen atoms in total. The van der Waals surface area contributed by atoms with Gasteiger partial charge >= 0.3 is 0 Å². The summed E-state index contributed by atoms with van der Waals surface area (Å²) in [5.41, 5.74) is 9.03. The van der Waals surface area contributed by atoms with Crippen LogP contribution in [0, 0.1) is 5.92 Å². The van der Waals surface area contributed by atoms with E-state index in [-0.39, 0.29) is 0 Å². The van der Waals surface area contributed by atoms with Crippen LogP contribution in [-0.2, 0) is 0 Å². The van der Waals surface area contributed by atoms with Gasteiger partial charge in [-0.2, -0.15) is 0 Å². The zero-order valence-corrected chi connectivity index (χ0v) is 16.6. The highest BCUT2D eigenvalue weighted by atomic mass is 14.3. The third-order valence-corrected chi connectivity index (χ3v) is 6.78. The Morgan fingerprint density at radius 3 is 2.32 bits per heavy atom. The zero-order valence-electron chi connectivity index (χ0n) is 16.6. The molecule has 140 valence electrons. The molecule has 0 aliphatic heterocycles. The highest BCUT2D eigenvalue weighted by Gasteiger charge is 2.26. The highest BCUT2D eigenvalue weighted by Crippen LogP contribution is 2.43. The average molecular weight is 365 g/mol. The fourth-order valence-corrected chi connectivity index (χ4v) is 5.13. The minimum atomic E-state index is 0.402. The van der Waals surface area contributed by atoms with E-state index in [1.54, 1.807) is 11.1 Å². The third-order valence-electron chi connectivity index (χ3n) is 6.78. The highest BCUT2D eigenvalue weighted by molar-refractivity contribution is 5.69. The number of fused-ring (bicyclic) bond motifs is 1. The van der Waals surface area contributed by atoms with Crippen molar-refractivity contribution in [3.05, 3.63) is 112 Å². The van der Waals surface area contributed by atoms with Crippen LogP contribution >= 0.6 is 0 Å². The van der Waals surface area contributed by atoms with Crippen LogP contribution in [0.25, 0.3) is 6.08 Å². The first-order valence-electron chi connectivity index (χ1n) is 10.8. The van der Waals surface area contributed by atoms with E-state index in [2.05, 4.69) is 91.9 Å². The molecule has 0 saturated heterocycles. The fraction of sp³-hybridized carbons (Fsp3) is 0.286. The van der Waals surface area contributed by atoms with Crippen LogP contribution < -0.4 is 0 Å². The number of hydrogen-bond donors (Lipinski definition) is 0. The van der Waals surface area contributed by atoms with Crippen LogP contribution in [0.5, 0.6) is 0 Å². The maximum atomic E-state index is 2.49. The van der Waals surface area contributed by atoms with E-state index in [0.29, 0.717) is 17.8 Å². The van der Waals surface area contributed by atoms with Crippen molar-refractivity contribution >= 4 is 6.08 Å². The second kappa shape index (κ2) is 7.43. The molecule has 3 atom stereocenters. The lowest BCUT2D eigenvalue weighted by Crippen LogP contribution is -2.11. The van der Waals surface area contributed by atoms with Gasteiger partial charge in [0.1, 0.15) is 0 Å². The molecule has 2 aromatic rings. The first kappa shape index (κ1) is 17.5. The van der Waals surface area contributed by atoms with Gasteiger partial charge in [-0.25, -0.2) is 0 Å². The molecule has 0 amide bonds. The second-order valence-corrected chi connectivity index (χ2v) is 8.37. The van der Waals surface area contributed by atoms with Gasteiger partial charge in [-0.15, -0.1) is 0 Å². The molecule has 2 aromatic carbocycles. The topological polar surface area (TPSA) is 0 Å². The first-order chi connectivity index (χ1) is 13.8. The molecule has 0 radical (unpaired) electrons. The van der Waals surface area contributed by atoms with E-state index < -0.39 is 0 Å². The van der Waals surface area contributed by atoms with Crippen LogP contribution in [0.4, 0.5) is 0 Å². The molecular weight excluding hydrogens is 336 g/mol. The quantitative estimate of drug-likeness (QED) is 0.491. The number of hydrogen-bond acceptors (Lipinski definition) is 0. The molecular formula is C28H28. The Morgan fingerprint density at radius 1 is 0.786 bits per heavy atom.